The maximum absolute atomic E-state index is 11.2. The van der Waals surface area contributed by atoms with Crippen LogP contribution in [0.5, 0.6) is 0 Å². The highest BCUT2D eigenvalue weighted by atomic mass is 16.1. The van der Waals surface area contributed by atoms with Crippen molar-refractivity contribution in [2.24, 2.45) is 17.8 Å². The molecule has 4 fully saturated rings. The van der Waals surface area contributed by atoms with Crippen LogP contribution in [0.15, 0.2) is 18.5 Å². The van der Waals surface area contributed by atoms with E-state index in [-0.39, 0.29) is 6.17 Å². The van der Waals surface area contributed by atoms with E-state index in [0.717, 1.165) is 56.2 Å². The van der Waals surface area contributed by atoms with Gasteiger partial charge in [-0.15, -0.1) is 0 Å². The zero-order valence-electron chi connectivity index (χ0n) is 19.4. The van der Waals surface area contributed by atoms with Gasteiger partial charge in [0.25, 0.3) is 0 Å². The Hall–Kier alpha value is -1.73. The average Bonchev–Trinajstić information content (AvgIpc) is 3.51. The van der Waals surface area contributed by atoms with Crippen molar-refractivity contribution in [1.82, 2.24) is 25.1 Å². The van der Waals surface area contributed by atoms with E-state index in [1.165, 1.54) is 71.0 Å². The van der Waals surface area contributed by atoms with Crippen molar-refractivity contribution in [2.45, 2.75) is 70.0 Å². The molecule has 0 aromatic carbocycles. The first kappa shape index (κ1) is 22.1. The molecule has 2 aliphatic carbocycles. The van der Waals surface area contributed by atoms with E-state index < -0.39 is 0 Å². The number of amides is 1. The molecule has 7 nitrogen and oxygen atoms in total. The minimum absolute atomic E-state index is 0.246. The second-order valence-corrected chi connectivity index (χ2v) is 10.7. The van der Waals surface area contributed by atoms with Crippen LogP contribution in [0.1, 0.15) is 57.8 Å². The largest absolute Gasteiger partial charge is 0.343 e. The number of likely N-dealkylation sites (tertiary alicyclic amines) is 2. The summed E-state index contributed by atoms with van der Waals surface area (Å²) in [7, 11) is 0. The van der Waals surface area contributed by atoms with Crippen molar-refractivity contribution >= 4 is 12.4 Å². The lowest BCUT2D eigenvalue weighted by Crippen LogP contribution is -2.48. The van der Waals surface area contributed by atoms with Gasteiger partial charge < -0.3 is 15.1 Å². The fraction of sp³-hybridized carbons (Fsp3) is 0.800. The highest BCUT2D eigenvalue weighted by molar-refractivity contribution is 5.46. The zero-order chi connectivity index (χ0) is 21.8. The van der Waals surface area contributed by atoms with Gasteiger partial charge in [0.05, 0.1) is 6.17 Å². The SMILES string of the molecule is O=CNC(CC1CCC1)N1CCC(CN2CCC(N(CC3CC3)c3ncccn3)CC2)C1. The summed E-state index contributed by atoms with van der Waals surface area (Å²) in [5, 5.41) is 3.12. The molecule has 1 amide bonds. The van der Waals surface area contributed by atoms with E-state index >= 15 is 0 Å². The minimum Gasteiger partial charge on any atom is -0.343 e. The Labute approximate surface area is 193 Å². The number of aromatic nitrogens is 2. The molecule has 3 heterocycles. The van der Waals surface area contributed by atoms with Crippen LogP contribution in [-0.2, 0) is 4.79 Å². The van der Waals surface area contributed by atoms with Crippen LogP contribution in [0.4, 0.5) is 5.95 Å². The number of nitrogens with zero attached hydrogens (tertiary/aromatic N) is 5. The van der Waals surface area contributed by atoms with Crippen LogP contribution in [0.3, 0.4) is 0 Å². The first-order valence-electron chi connectivity index (χ1n) is 13.0. The zero-order valence-corrected chi connectivity index (χ0v) is 19.4. The Morgan fingerprint density at radius 2 is 1.78 bits per heavy atom. The van der Waals surface area contributed by atoms with Gasteiger partial charge in [-0.3, -0.25) is 9.69 Å². The quantitative estimate of drug-likeness (QED) is 0.534. The molecule has 1 aromatic rings. The molecule has 1 aromatic heterocycles. The first-order valence-corrected chi connectivity index (χ1v) is 13.0. The summed E-state index contributed by atoms with van der Waals surface area (Å²) in [4.78, 5) is 28.0. The second kappa shape index (κ2) is 10.5. The fourth-order valence-corrected chi connectivity index (χ4v) is 5.93. The summed E-state index contributed by atoms with van der Waals surface area (Å²) in [5.41, 5.74) is 0. The van der Waals surface area contributed by atoms with Crippen LogP contribution in [-0.4, -0.2) is 77.7 Å². The highest BCUT2D eigenvalue weighted by Crippen LogP contribution is 2.34. The van der Waals surface area contributed by atoms with E-state index in [2.05, 4.69) is 30.0 Å². The number of anilines is 1. The van der Waals surface area contributed by atoms with Crippen molar-refractivity contribution in [3.05, 3.63) is 18.5 Å². The molecule has 176 valence electrons. The number of nitrogens with one attached hydrogen (secondary N) is 1. The lowest BCUT2D eigenvalue weighted by atomic mass is 9.82. The third-order valence-electron chi connectivity index (χ3n) is 8.27. The maximum Gasteiger partial charge on any atom is 0.225 e. The molecular formula is C25H40N6O. The van der Waals surface area contributed by atoms with Crippen molar-refractivity contribution in [2.75, 3.05) is 44.2 Å². The van der Waals surface area contributed by atoms with Gasteiger partial charge in [0.1, 0.15) is 0 Å². The molecule has 2 saturated carbocycles. The Morgan fingerprint density at radius 3 is 2.44 bits per heavy atom. The third-order valence-corrected chi connectivity index (χ3v) is 8.27. The van der Waals surface area contributed by atoms with Crippen molar-refractivity contribution in [3.8, 4) is 0 Å². The Kier molecular flexibility index (Phi) is 7.22. The molecular weight excluding hydrogens is 400 g/mol. The number of rotatable bonds is 11. The van der Waals surface area contributed by atoms with Crippen LogP contribution in [0.2, 0.25) is 0 Å². The van der Waals surface area contributed by atoms with Gasteiger partial charge >= 0.3 is 0 Å². The summed E-state index contributed by atoms with van der Waals surface area (Å²) in [5.74, 6) is 3.31. The topological polar surface area (TPSA) is 64.6 Å². The number of hydrogen-bond donors (Lipinski definition) is 1. The minimum atomic E-state index is 0.246. The highest BCUT2D eigenvalue weighted by Gasteiger charge is 2.34. The van der Waals surface area contributed by atoms with Gasteiger partial charge in [0, 0.05) is 57.7 Å². The lowest BCUT2D eigenvalue weighted by molar-refractivity contribution is -0.111. The Morgan fingerprint density at radius 1 is 1.00 bits per heavy atom. The molecule has 2 saturated heterocycles. The van der Waals surface area contributed by atoms with Gasteiger partial charge in [-0.05, 0) is 62.3 Å². The summed E-state index contributed by atoms with van der Waals surface area (Å²) < 4.78 is 0. The van der Waals surface area contributed by atoms with Gasteiger partial charge in [-0.2, -0.15) is 0 Å². The first-order chi connectivity index (χ1) is 15.8. The monoisotopic (exact) mass is 440 g/mol. The summed E-state index contributed by atoms with van der Waals surface area (Å²) in [6.45, 7) is 6.92. The van der Waals surface area contributed by atoms with Gasteiger partial charge in [-0.1, -0.05) is 19.3 Å². The lowest BCUT2D eigenvalue weighted by Gasteiger charge is -2.39. The molecule has 2 unspecified atom stereocenters. The predicted octanol–water partition coefficient (Wildman–Crippen LogP) is 2.74. The molecule has 5 rings (SSSR count). The van der Waals surface area contributed by atoms with Crippen LogP contribution in [0, 0.1) is 17.8 Å². The van der Waals surface area contributed by atoms with E-state index in [1.807, 2.05) is 18.5 Å². The third kappa shape index (κ3) is 5.60. The average molecular weight is 441 g/mol. The maximum atomic E-state index is 11.2. The van der Waals surface area contributed by atoms with Gasteiger partial charge in [0.2, 0.25) is 12.4 Å². The smallest absolute Gasteiger partial charge is 0.225 e. The van der Waals surface area contributed by atoms with Gasteiger partial charge in [-0.25, -0.2) is 9.97 Å². The normalized spacial score (nSPS) is 26.6. The van der Waals surface area contributed by atoms with E-state index in [0.29, 0.717) is 6.04 Å². The molecule has 32 heavy (non-hydrogen) atoms. The van der Waals surface area contributed by atoms with Crippen molar-refractivity contribution in [1.29, 1.82) is 0 Å². The van der Waals surface area contributed by atoms with E-state index in [1.54, 1.807) is 0 Å². The number of hydrogen-bond acceptors (Lipinski definition) is 6. The molecule has 7 heteroatoms. The van der Waals surface area contributed by atoms with E-state index in [9.17, 15) is 4.79 Å². The van der Waals surface area contributed by atoms with Crippen LogP contribution >= 0.6 is 0 Å². The van der Waals surface area contributed by atoms with Crippen LogP contribution < -0.4 is 10.2 Å². The summed E-state index contributed by atoms with van der Waals surface area (Å²) >= 11 is 0. The molecule has 0 bridgehead atoms. The summed E-state index contributed by atoms with van der Waals surface area (Å²) in [6, 6.07) is 2.48. The van der Waals surface area contributed by atoms with Crippen LogP contribution in [0.25, 0.3) is 0 Å². The van der Waals surface area contributed by atoms with E-state index in [4.69, 9.17) is 0 Å². The fourth-order valence-electron chi connectivity index (χ4n) is 5.93. The summed E-state index contributed by atoms with van der Waals surface area (Å²) in [6.07, 6.45) is 16.5. The molecule has 1 N–H and O–H groups in total. The van der Waals surface area contributed by atoms with Crippen molar-refractivity contribution in [3.63, 3.8) is 0 Å². The molecule has 2 aliphatic heterocycles. The number of carbonyl (C=O) groups is 1. The second-order valence-electron chi connectivity index (χ2n) is 10.7. The molecule has 0 spiro atoms. The molecule has 4 aliphatic rings. The van der Waals surface area contributed by atoms with Gasteiger partial charge in [0.15, 0.2) is 0 Å². The Balaban J connectivity index is 1.09. The number of carbonyl (C=O) groups excluding carboxylic acids is 1. The predicted molar refractivity (Wildman–Crippen MR) is 126 cm³/mol. The Bertz CT molecular complexity index is 716. The molecule has 0 radical (unpaired) electrons. The standard InChI is InChI=1S/C25H40N6O/c32-19-28-24(15-20-3-1-4-20)30-14-7-22(17-30)16-29-12-8-23(9-13-29)31(18-21-5-6-21)25-26-10-2-11-27-25/h2,10-11,19-24H,1,3-9,12-18H2,(H,28,32). The van der Waals surface area contributed by atoms with Crippen molar-refractivity contribution < 1.29 is 4.79 Å². The number of piperidine rings is 1. The molecule has 2 atom stereocenters.